The number of esters is 1. The molecule has 0 bridgehead atoms. The summed E-state index contributed by atoms with van der Waals surface area (Å²) in [5.74, 6) is -1.67. The van der Waals surface area contributed by atoms with Crippen molar-refractivity contribution in [1.82, 2.24) is 14.1 Å². The van der Waals surface area contributed by atoms with Crippen LogP contribution in [0.3, 0.4) is 0 Å². The largest absolute Gasteiger partial charge is 0.477 e. The van der Waals surface area contributed by atoms with E-state index in [0.717, 1.165) is 10.1 Å². The molecule has 178 valence electrons. The second-order valence-electron chi connectivity index (χ2n) is 7.87. The van der Waals surface area contributed by atoms with Crippen LogP contribution in [0.4, 0.5) is 0 Å². The molecule has 4 aromatic heterocycles. The minimum Gasteiger partial charge on any atom is -0.477 e. The maximum atomic E-state index is 13.3. The lowest BCUT2D eigenvalue weighted by Gasteiger charge is -2.08. The summed E-state index contributed by atoms with van der Waals surface area (Å²) in [6, 6.07) is 8.25. The molecule has 0 fully saturated rings. The second kappa shape index (κ2) is 8.44. The Kier molecular flexibility index (Phi) is 5.40. The summed E-state index contributed by atoms with van der Waals surface area (Å²) in [6.07, 6.45) is 0. The number of aryl methyl sites for hydroxylation is 1. The van der Waals surface area contributed by atoms with Crippen molar-refractivity contribution in [3.63, 3.8) is 0 Å². The van der Waals surface area contributed by atoms with Gasteiger partial charge < -0.3 is 23.8 Å². The number of rotatable bonds is 6. The zero-order chi connectivity index (χ0) is 24.9. The van der Waals surface area contributed by atoms with Gasteiger partial charge in [0.15, 0.2) is 5.69 Å². The first-order valence-corrected chi connectivity index (χ1v) is 11.6. The van der Waals surface area contributed by atoms with Gasteiger partial charge in [0.1, 0.15) is 5.76 Å². The fourth-order valence-electron chi connectivity index (χ4n) is 4.14. The number of carbonyl (C=O) groups excluding carboxylic acids is 1. The van der Waals surface area contributed by atoms with Gasteiger partial charge in [0.05, 0.1) is 35.3 Å². The molecule has 0 aliphatic rings. The van der Waals surface area contributed by atoms with Gasteiger partial charge in [0.25, 0.3) is 5.56 Å². The fraction of sp³-hybridized carbons (Fsp3) is 0.167. The molecule has 0 amide bonds. The molecular formula is C24H19N3O7S. The topological polar surface area (TPSA) is 137 Å². The first kappa shape index (κ1) is 22.4. The maximum Gasteiger partial charge on any atom is 0.374 e. The molecule has 35 heavy (non-hydrogen) atoms. The van der Waals surface area contributed by atoms with Gasteiger partial charge in [-0.15, -0.1) is 11.3 Å². The quantitative estimate of drug-likeness (QED) is 0.345. The van der Waals surface area contributed by atoms with Gasteiger partial charge in [-0.3, -0.25) is 4.79 Å². The number of hydrogen-bond donors (Lipinski definition) is 2. The number of ether oxygens (including phenoxy) is 1. The van der Waals surface area contributed by atoms with Crippen molar-refractivity contribution < 1.29 is 23.8 Å². The van der Waals surface area contributed by atoms with E-state index in [1.807, 2.05) is 6.92 Å². The Balaban J connectivity index is 1.78. The van der Waals surface area contributed by atoms with Crippen molar-refractivity contribution in [2.75, 3.05) is 6.61 Å². The van der Waals surface area contributed by atoms with E-state index in [9.17, 15) is 24.3 Å². The summed E-state index contributed by atoms with van der Waals surface area (Å²) in [4.78, 5) is 53.5. The smallest absolute Gasteiger partial charge is 0.374 e. The van der Waals surface area contributed by atoms with E-state index in [1.54, 1.807) is 41.9 Å². The lowest BCUT2D eigenvalue weighted by molar-refractivity contribution is 0.0487. The van der Waals surface area contributed by atoms with Gasteiger partial charge in [-0.1, -0.05) is 11.6 Å². The van der Waals surface area contributed by atoms with E-state index >= 15 is 0 Å². The van der Waals surface area contributed by atoms with Crippen LogP contribution < -0.4 is 11.2 Å². The molecule has 2 N–H and O–H groups in total. The molecule has 0 atom stereocenters. The molecule has 0 radical (unpaired) electrons. The summed E-state index contributed by atoms with van der Waals surface area (Å²) >= 11 is 1.26. The normalized spacial score (nSPS) is 11.4. The van der Waals surface area contributed by atoms with Gasteiger partial charge in [0.2, 0.25) is 5.76 Å². The average Bonchev–Trinajstić information content (AvgIpc) is 3.53. The lowest BCUT2D eigenvalue weighted by Crippen LogP contribution is -2.34. The number of aromatic amines is 1. The molecule has 11 heteroatoms. The Morgan fingerprint density at radius 2 is 1.94 bits per heavy atom. The first-order valence-electron chi connectivity index (χ1n) is 10.6. The number of carboxylic acid groups (broad SMARTS) is 1. The predicted molar refractivity (Wildman–Crippen MR) is 129 cm³/mol. The van der Waals surface area contributed by atoms with Crippen molar-refractivity contribution >= 4 is 45.1 Å². The Morgan fingerprint density at radius 3 is 2.69 bits per heavy atom. The maximum absolute atomic E-state index is 13.3. The standard InChI is InChI=1S/C24H19N3O7S/c1-3-33-23(31)18-7-5-13(34-18)9-26-17-6-4-12(2)8-14(17)19(20(26)22(29)30)27-21(28)15-10-35-11-16(15)25-24(27)32/h4-8,10-11H,3,9H2,1-2H3,(H,25,32)(H,29,30). The highest BCUT2D eigenvalue weighted by molar-refractivity contribution is 7.09. The van der Waals surface area contributed by atoms with Crippen LogP contribution in [-0.4, -0.2) is 37.8 Å². The van der Waals surface area contributed by atoms with Crippen molar-refractivity contribution in [2.45, 2.75) is 20.4 Å². The number of carboxylic acids is 1. The minimum atomic E-state index is -1.33. The van der Waals surface area contributed by atoms with Gasteiger partial charge >= 0.3 is 17.6 Å². The van der Waals surface area contributed by atoms with Gasteiger partial charge in [-0.25, -0.2) is 19.0 Å². The summed E-state index contributed by atoms with van der Waals surface area (Å²) in [6.45, 7) is 3.62. The van der Waals surface area contributed by atoms with Crippen molar-refractivity contribution in [3.05, 3.63) is 84.7 Å². The predicted octanol–water partition coefficient (Wildman–Crippen LogP) is 3.52. The number of fused-ring (bicyclic) bond motifs is 2. The van der Waals surface area contributed by atoms with Crippen molar-refractivity contribution in [3.8, 4) is 5.69 Å². The summed E-state index contributed by atoms with van der Waals surface area (Å²) in [5.41, 5.74) is 0.0299. The Labute approximate surface area is 200 Å². The number of benzene rings is 1. The van der Waals surface area contributed by atoms with E-state index < -0.39 is 23.2 Å². The van der Waals surface area contributed by atoms with Crippen molar-refractivity contribution in [2.24, 2.45) is 0 Å². The molecule has 0 aliphatic carbocycles. The van der Waals surface area contributed by atoms with Gasteiger partial charge in [-0.2, -0.15) is 0 Å². The minimum absolute atomic E-state index is 0.0122. The van der Waals surface area contributed by atoms with E-state index in [-0.39, 0.29) is 35.7 Å². The number of furan rings is 1. The Bertz CT molecular complexity index is 1750. The molecule has 1 aromatic carbocycles. The number of hydrogen-bond acceptors (Lipinski definition) is 7. The molecular weight excluding hydrogens is 474 g/mol. The molecule has 0 spiro atoms. The average molecular weight is 493 g/mol. The number of thiophene rings is 1. The zero-order valence-electron chi connectivity index (χ0n) is 18.7. The zero-order valence-corrected chi connectivity index (χ0v) is 19.5. The molecule has 5 aromatic rings. The monoisotopic (exact) mass is 493 g/mol. The van der Waals surface area contributed by atoms with E-state index in [2.05, 4.69) is 4.98 Å². The van der Waals surface area contributed by atoms with Crippen LogP contribution in [0.25, 0.3) is 27.5 Å². The van der Waals surface area contributed by atoms with Crippen LogP contribution in [0, 0.1) is 6.92 Å². The summed E-state index contributed by atoms with van der Waals surface area (Å²) < 4.78 is 12.9. The third-order valence-electron chi connectivity index (χ3n) is 5.61. The molecule has 0 aliphatic heterocycles. The molecule has 5 rings (SSSR count). The van der Waals surface area contributed by atoms with Gasteiger partial charge in [0, 0.05) is 16.1 Å². The van der Waals surface area contributed by atoms with Crippen molar-refractivity contribution in [1.29, 1.82) is 0 Å². The highest BCUT2D eigenvalue weighted by Crippen LogP contribution is 2.31. The first-order chi connectivity index (χ1) is 16.8. The lowest BCUT2D eigenvalue weighted by atomic mass is 10.1. The van der Waals surface area contributed by atoms with Crippen LogP contribution in [0.5, 0.6) is 0 Å². The molecule has 10 nitrogen and oxygen atoms in total. The van der Waals surface area contributed by atoms with Gasteiger partial charge in [-0.05, 0) is 38.1 Å². The highest BCUT2D eigenvalue weighted by atomic mass is 32.1. The number of aromatic nitrogens is 3. The SMILES string of the molecule is CCOC(=O)c1ccc(Cn2c(C(=O)O)c(-n3c(=O)[nH]c4cscc4c3=O)c3cc(C)ccc32)o1. The second-order valence-corrected chi connectivity index (χ2v) is 8.61. The number of nitrogens with one attached hydrogen (secondary N) is 1. The Morgan fingerprint density at radius 1 is 1.14 bits per heavy atom. The van der Waals surface area contributed by atoms with Crippen LogP contribution in [0.1, 0.15) is 39.3 Å². The summed E-state index contributed by atoms with van der Waals surface area (Å²) in [7, 11) is 0. The molecule has 0 saturated carbocycles. The molecule has 4 heterocycles. The fourth-order valence-corrected chi connectivity index (χ4v) is 4.89. The molecule has 0 unspecified atom stereocenters. The number of aromatic carboxylic acids is 1. The van der Waals surface area contributed by atoms with E-state index in [4.69, 9.17) is 9.15 Å². The number of nitrogens with zero attached hydrogens (tertiary/aromatic N) is 2. The van der Waals surface area contributed by atoms with Crippen LogP contribution in [0.15, 0.2) is 55.1 Å². The van der Waals surface area contributed by atoms with E-state index in [1.165, 1.54) is 22.0 Å². The third kappa shape index (κ3) is 3.66. The third-order valence-corrected chi connectivity index (χ3v) is 6.35. The molecule has 0 saturated heterocycles. The van der Waals surface area contributed by atoms with E-state index in [0.29, 0.717) is 22.2 Å². The number of H-pyrrole nitrogens is 1. The Hall–Kier alpha value is -4.38. The highest BCUT2D eigenvalue weighted by Gasteiger charge is 2.27. The summed E-state index contributed by atoms with van der Waals surface area (Å²) in [5, 5.41) is 14.2. The van der Waals surface area contributed by atoms with Crippen LogP contribution >= 0.6 is 11.3 Å². The van der Waals surface area contributed by atoms with Crippen LogP contribution in [0.2, 0.25) is 0 Å². The van der Waals surface area contributed by atoms with Crippen LogP contribution in [-0.2, 0) is 11.3 Å². The number of carbonyl (C=O) groups is 2.